The van der Waals surface area contributed by atoms with Crippen molar-refractivity contribution in [2.45, 2.75) is 12.8 Å². The quantitative estimate of drug-likeness (QED) is 0.333. The van der Waals surface area contributed by atoms with Crippen LogP contribution in [-0.2, 0) is 11.2 Å². The predicted octanol–water partition coefficient (Wildman–Crippen LogP) is 6.40. The highest BCUT2D eigenvalue weighted by Gasteiger charge is 2.16. The van der Waals surface area contributed by atoms with Crippen molar-refractivity contribution in [1.29, 1.82) is 0 Å². The van der Waals surface area contributed by atoms with E-state index in [0.29, 0.717) is 17.1 Å². The number of amides is 1. The van der Waals surface area contributed by atoms with Crippen molar-refractivity contribution in [3.8, 4) is 21.8 Å². The molecule has 0 atom stereocenters. The van der Waals surface area contributed by atoms with Crippen molar-refractivity contribution in [1.82, 2.24) is 4.98 Å². The summed E-state index contributed by atoms with van der Waals surface area (Å²) in [6.07, 6.45) is 0.805. The van der Waals surface area contributed by atoms with Crippen LogP contribution in [0.2, 0.25) is 5.02 Å². The molecule has 1 amide bonds. The third-order valence-electron chi connectivity index (χ3n) is 4.83. The van der Waals surface area contributed by atoms with Gasteiger partial charge in [-0.1, -0.05) is 54.1 Å². The van der Waals surface area contributed by atoms with Gasteiger partial charge in [-0.2, -0.15) is 0 Å². The van der Waals surface area contributed by atoms with Gasteiger partial charge in [0.05, 0.1) is 11.3 Å². The second kappa shape index (κ2) is 9.77. The van der Waals surface area contributed by atoms with E-state index in [9.17, 15) is 9.59 Å². The number of anilines is 1. The highest BCUT2D eigenvalue weighted by Crippen LogP contribution is 2.35. The van der Waals surface area contributed by atoms with Gasteiger partial charge in [0.1, 0.15) is 5.01 Å². The first-order valence-electron chi connectivity index (χ1n) is 9.94. The number of aromatic carboxylic acids is 1. The number of rotatable bonds is 7. The lowest BCUT2D eigenvalue weighted by Crippen LogP contribution is -2.12. The van der Waals surface area contributed by atoms with Crippen LogP contribution in [0, 0.1) is 0 Å². The molecule has 0 saturated carbocycles. The molecule has 0 aliphatic rings. The summed E-state index contributed by atoms with van der Waals surface area (Å²) in [6.45, 7) is 0. The van der Waals surface area contributed by atoms with Crippen LogP contribution in [0.5, 0.6) is 0 Å². The predicted molar refractivity (Wildman–Crippen MR) is 128 cm³/mol. The number of carbonyl (C=O) groups excluding carboxylic acids is 1. The summed E-state index contributed by atoms with van der Waals surface area (Å²) in [5.74, 6) is -1.15. The molecule has 1 aromatic heterocycles. The number of thiazole rings is 1. The molecule has 4 rings (SSSR count). The van der Waals surface area contributed by atoms with E-state index in [1.807, 2.05) is 54.6 Å². The van der Waals surface area contributed by atoms with E-state index in [1.54, 1.807) is 23.5 Å². The fourth-order valence-electron chi connectivity index (χ4n) is 3.21. The Morgan fingerprint density at radius 2 is 1.59 bits per heavy atom. The van der Waals surface area contributed by atoms with Gasteiger partial charge in [0.2, 0.25) is 5.91 Å². The SMILES string of the molecule is O=C(CCc1sc(-c2ccccc2)nc1-c1ccc(Cl)cc1)Nc1ccc(C(=O)O)cc1. The molecule has 0 radical (unpaired) electrons. The number of aryl methyl sites for hydroxylation is 1. The van der Waals surface area contributed by atoms with Crippen LogP contribution in [0.3, 0.4) is 0 Å². The molecule has 0 aliphatic heterocycles. The molecule has 160 valence electrons. The van der Waals surface area contributed by atoms with Gasteiger partial charge >= 0.3 is 5.97 Å². The minimum Gasteiger partial charge on any atom is -0.478 e. The normalized spacial score (nSPS) is 10.7. The van der Waals surface area contributed by atoms with E-state index >= 15 is 0 Å². The van der Waals surface area contributed by atoms with Crippen LogP contribution in [0.4, 0.5) is 5.69 Å². The van der Waals surface area contributed by atoms with Gasteiger partial charge in [0.25, 0.3) is 0 Å². The fourth-order valence-corrected chi connectivity index (χ4v) is 4.42. The molecule has 0 fully saturated rings. The number of carbonyl (C=O) groups is 2. The number of benzene rings is 3. The highest BCUT2D eigenvalue weighted by atomic mass is 35.5. The summed E-state index contributed by atoms with van der Waals surface area (Å²) in [4.78, 5) is 29.4. The van der Waals surface area contributed by atoms with Crippen molar-refractivity contribution in [2.24, 2.45) is 0 Å². The Labute approximate surface area is 194 Å². The molecular formula is C25H19ClN2O3S. The second-order valence-corrected chi connectivity index (χ2v) is 8.61. The zero-order chi connectivity index (χ0) is 22.5. The first-order chi connectivity index (χ1) is 15.5. The van der Waals surface area contributed by atoms with E-state index in [4.69, 9.17) is 21.7 Å². The van der Waals surface area contributed by atoms with Gasteiger partial charge < -0.3 is 10.4 Å². The zero-order valence-corrected chi connectivity index (χ0v) is 18.5. The molecule has 0 aliphatic carbocycles. The van der Waals surface area contributed by atoms with E-state index in [-0.39, 0.29) is 17.9 Å². The monoisotopic (exact) mass is 462 g/mol. The molecule has 5 nitrogen and oxygen atoms in total. The van der Waals surface area contributed by atoms with Crippen molar-refractivity contribution < 1.29 is 14.7 Å². The number of carboxylic acids is 1. The van der Waals surface area contributed by atoms with Crippen molar-refractivity contribution in [2.75, 3.05) is 5.32 Å². The maximum absolute atomic E-state index is 12.5. The summed E-state index contributed by atoms with van der Waals surface area (Å²) in [7, 11) is 0. The van der Waals surface area contributed by atoms with E-state index in [2.05, 4.69) is 5.32 Å². The summed E-state index contributed by atoms with van der Waals surface area (Å²) < 4.78 is 0. The van der Waals surface area contributed by atoms with E-state index in [0.717, 1.165) is 26.7 Å². The van der Waals surface area contributed by atoms with Crippen LogP contribution >= 0.6 is 22.9 Å². The molecule has 4 aromatic rings. The zero-order valence-electron chi connectivity index (χ0n) is 16.9. The summed E-state index contributed by atoms with van der Waals surface area (Å²) in [6, 6.07) is 23.6. The van der Waals surface area contributed by atoms with Gasteiger partial charge in [-0.15, -0.1) is 11.3 Å². The number of nitrogens with one attached hydrogen (secondary N) is 1. The largest absolute Gasteiger partial charge is 0.478 e. The van der Waals surface area contributed by atoms with Crippen molar-refractivity contribution in [3.05, 3.63) is 94.3 Å². The Balaban J connectivity index is 1.52. The van der Waals surface area contributed by atoms with Gasteiger partial charge in [0, 0.05) is 33.1 Å². The van der Waals surface area contributed by atoms with Gasteiger partial charge in [-0.3, -0.25) is 4.79 Å². The molecular weight excluding hydrogens is 444 g/mol. The van der Waals surface area contributed by atoms with Crippen LogP contribution in [-0.4, -0.2) is 22.0 Å². The molecule has 7 heteroatoms. The van der Waals surface area contributed by atoms with Crippen LogP contribution < -0.4 is 5.32 Å². The number of carboxylic acid groups (broad SMARTS) is 1. The van der Waals surface area contributed by atoms with Gasteiger partial charge in [-0.05, 0) is 42.8 Å². The second-order valence-electron chi connectivity index (χ2n) is 7.09. The molecule has 0 saturated heterocycles. The maximum atomic E-state index is 12.5. The lowest BCUT2D eigenvalue weighted by Gasteiger charge is -2.06. The molecule has 3 aromatic carbocycles. The van der Waals surface area contributed by atoms with Crippen molar-refractivity contribution >= 4 is 40.5 Å². The fraction of sp³-hybridized carbons (Fsp3) is 0.0800. The Kier molecular flexibility index (Phi) is 6.63. The summed E-state index contributed by atoms with van der Waals surface area (Å²) in [5.41, 5.74) is 3.57. The molecule has 1 heterocycles. The van der Waals surface area contributed by atoms with E-state index in [1.165, 1.54) is 12.1 Å². The van der Waals surface area contributed by atoms with Gasteiger partial charge in [0.15, 0.2) is 0 Å². The molecule has 0 unspecified atom stereocenters. The third-order valence-corrected chi connectivity index (χ3v) is 6.25. The lowest BCUT2D eigenvalue weighted by molar-refractivity contribution is -0.116. The van der Waals surface area contributed by atoms with Crippen LogP contribution in [0.25, 0.3) is 21.8 Å². The average molecular weight is 463 g/mol. The average Bonchev–Trinajstić information content (AvgIpc) is 3.23. The summed E-state index contributed by atoms with van der Waals surface area (Å²) in [5, 5.41) is 13.4. The molecule has 2 N–H and O–H groups in total. The Hall–Kier alpha value is -3.48. The number of aromatic nitrogens is 1. The minimum atomic E-state index is -1.00. The lowest BCUT2D eigenvalue weighted by atomic mass is 10.1. The Bertz CT molecular complexity index is 1240. The third kappa shape index (κ3) is 5.22. The first-order valence-corrected chi connectivity index (χ1v) is 11.1. The minimum absolute atomic E-state index is 0.148. The molecule has 32 heavy (non-hydrogen) atoms. The number of hydrogen-bond donors (Lipinski definition) is 2. The number of hydrogen-bond acceptors (Lipinski definition) is 4. The maximum Gasteiger partial charge on any atom is 0.335 e. The van der Waals surface area contributed by atoms with Crippen LogP contribution in [0.1, 0.15) is 21.7 Å². The molecule has 0 bridgehead atoms. The van der Waals surface area contributed by atoms with Crippen LogP contribution in [0.15, 0.2) is 78.9 Å². The summed E-state index contributed by atoms with van der Waals surface area (Å²) >= 11 is 7.62. The number of halogens is 1. The highest BCUT2D eigenvalue weighted by molar-refractivity contribution is 7.15. The number of nitrogens with zero attached hydrogens (tertiary/aromatic N) is 1. The van der Waals surface area contributed by atoms with Crippen molar-refractivity contribution in [3.63, 3.8) is 0 Å². The topological polar surface area (TPSA) is 79.3 Å². The Morgan fingerprint density at radius 3 is 2.25 bits per heavy atom. The smallest absolute Gasteiger partial charge is 0.335 e. The first kappa shape index (κ1) is 21.7. The standard InChI is InChI=1S/C25H19ClN2O3S/c26-19-10-6-16(7-11-19)23-21(32-24(28-23)17-4-2-1-3-5-17)14-15-22(29)27-20-12-8-18(9-13-20)25(30)31/h1-13H,14-15H2,(H,27,29)(H,30,31). The Morgan fingerprint density at radius 1 is 0.906 bits per heavy atom. The van der Waals surface area contributed by atoms with Gasteiger partial charge in [-0.25, -0.2) is 9.78 Å². The van der Waals surface area contributed by atoms with E-state index < -0.39 is 5.97 Å². The molecule has 0 spiro atoms.